The maximum absolute atomic E-state index is 2.46. The van der Waals surface area contributed by atoms with E-state index in [-0.39, 0.29) is 14.5 Å². The van der Waals surface area contributed by atoms with Gasteiger partial charge in [0.15, 0.2) is 0 Å². The van der Waals surface area contributed by atoms with Gasteiger partial charge in [-0.2, -0.15) is 0 Å². The fraction of sp³-hybridized carbons (Fsp3) is 0.0323. The van der Waals surface area contributed by atoms with E-state index in [0.717, 1.165) is 6.42 Å². The van der Waals surface area contributed by atoms with Crippen molar-refractivity contribution in [2.24, 2.45) is 0 Å². The van der Waals surface area contributed by atoms with Crippen LogP contribution >= 0.6 is 0 Å². The molecule has 0 N–H and O–H groups in total. The van der Waals surface area contributed by atoms with Gasteiger partial charge in [0.25, 0.3) is 0 Å². The molecule has 0 fully saturated rings. The van der Waals surface area contributed by atoms with Crippen molar-refractivity contribution in [2.45, 2.75) is 6.42 Å². The summed E-state index contributed by atoms with van der Waals surface area (Å²) in [6.07, 6.45) is 0.966. The first-order valence-electron chi connectivity index (χ1n) is 11.0. The van der Waals surface area contributed by atoms with E-state index in [1.54, 1.807) is 0 Å². The molecule has 0 amide bonds. The summed E-state index contributed by atoms with van der Waals surface area (Å²) in [4.78, 5) is 0. The van der Waals surface area contributed by atoms with Crippen LogP contribution in [0.2, 0.25) is 0 Å². The summed E-state index contributed by atoms with van der Waals surface area (Å²) in [7, 11) is 0. The summed E-state index contributed by atoms with van der Waals surface area (Å²) < 4.78 is 2.98. The number of hydrogen-bond acceptors (Lipinski definition) is 0. The molecule has 0 saturated carbocycles. The van der Waals surface area contributed by atoms with Crippen LogP contribution in [0.4, 0.5) is 0 Å². The van der Waals surface area contributed by atoms with Crippen molar-refractivity contribution in [2.75, 3.05) is 0 Å². The quantitative estimate of drug-likeness (QED) is 0.228. The maximum atomic E-state index is 2.46. The fourth-order valence-corrected chi connectivity index (χ4v) is 6.93. The van der Waals surface area contributed by atoms with Gasteiger partial charge in [0.1, 0.15) is 0 Å². The number of hydrogen-bond donors (Lipinski definition) is 0. The molecular weight excluding hydrogens is 451 g/mol. The Morgan fingerprint density at radius 2 is 1.09 bits per heavy atom. The normalized spacial score (nSPS) is 11.2. The number of fused-ring (bicyclic) bond motifs is 2. The second kappa shape index (κ2) is 8.28. The summed E-state index contributed by atoms with van der Waals surface area (Å²) in [6, 6.07) is 44.4. The predicted octanol–water partition coefficient (Wildman–Crippen LogP) is 7.97. The third kappa shape index (κ3) is 3.71. The van der Waals surface area contributed by atoms with Gasteiger partial charge < -0.3 is 0 Å². The number of rotatable bonds is 4. The van der Waals surface area contributed by atoms with Crippen LogP contribution in [0.15, 0.2) is 121 Å². The molecule has 152 valence electrons. The van der Waals surface area contributed by atoms with Crippen LogP contribution in [-0.4, -0.2) is 14.5 Å². The Hall–Kier alpha value is -3.38. The van der Waals surface area contributed by atoms with Gasteiger partial charge in [0.05, 0.1) is 0 Å². The Morgan fingerprint density at radius 3 is 1.84 bits per heavy atom. The van der Waals surface area contributed by atoms with Crippen molar-refractivity contribution in [3.05, 3.63) is 132 Å². The molecule has 5 aromatic carbocycles. The van der Waals surface area contributed by atoms with Gasteiger partial charge in [-0.3, -0.25) is 0 Å². The molecule has 6 aromatic rings. The summed E-state index contributed by atoms with van der Waals surface area (Å²) in [5.41, 5.74) is 5.54. The summed E-state index contributed by atoms with van der Waals surface area (Å²) >= 11 is 0.288. The molecule has 0 nitrogen and oxygen atoms in total. The van der Waals surface area contributed by atoms with Gasteiger partial charge in [-0.15, -0.1) is 0 Å². The first-order chi connectivity index (χ1) is 15.8. The van der Waals surface area contributed by atoms with Crippen LogP contribution in [0.3, 0.4) is 0 Å². The van der Waals surface area contributed by atoms with Gasteiger partial charge in [-0.1, -0.05) is 0 Å². The van der Waals surface area contributed by atoms with Crippen molar-refractivity contribution >= 4 is 36.0 Å². The SMILES string of the molecule is c1ccc(-c2[se]c(-c3ccc4ccccc4c3)cc2Cc2ccc3ccccc3c2)cc1. The van der Waals surface area contributed by atoms with E-state index in [1.807, 2.05) is 0 Å². The van der Waals surface area contributed by atoms with Crippen LogP contribution in [-0.2, 0) is 6.42 Å². The molecule has 1 heteroatoms. The van der Waals surface area contributed by atoms with Crippen molar-refractivity contribution in [1.29, 1.82) is 0 Å². The van der Waals surface area contributed by atoms with Gasteiger partial charge in [-0.05, 0) is 0 Å². The van der Waals surface area contributed by atoms with Gasteiger partial charge >= 0.3 is 195 Å². The second-order valence-corrected chi connectivity index (χ2v) is 10.5. The standard InChI is InChI=1S/C31H22Se/c1-2-10-25(11-3-1)31-29(19-22-14-15-23-8-4-6-12-26(23)18-22)21-30(32-31)28-17-16-24-9-5-7-13-27(24)20-28/h1-18,20-21H,19H2. The average molecular weight is 473 g/mol. The zero-order chi connectivity index (χ0) is 21.3. The molecule has 0 atom stereocenters. The van der Waals surface area contributed by atoms with Gasteiger partial charge in [-0.25, -0.2) is 0 Å². The Bertz CT molecular complexity index is 1540. The monoisotopic (exact) mass is 474 g/mol. The summed E-state index contributed by atoms with van der Waals surface area (Å²) in [6.45, 7) is 0. The summed E-state index contributed by atoms with van der Waals surface area (Å²) in [5.74, 6) is 0. The van der Waals surface area contributed by atoms with Crippen molar-refractivity contribution in [3.63, 3.8) is 0 Å². The first kappa shape index (κ1) is 19.3. The molecule has 1 aromatic heterocycles. The Balaban J connectivity index is 1.45. The third-order valence-corrected chi connectivity index (χ3v) is 8.76. The van der Waals surface area contributed by atoms with E-state index in [2.05, 4.69) is 121 Å². The number of benzene rings is 5. The molecule has 32 heavy (non-hydrogen) atoms. The Morgan fingerprint density at radius 1 is 0.469 bits per heavy atom. The molecule has 6 rings (SSSR count). The van der Waals surface area contributed by atoms with Crippen molar-refractivity contribution < 1.29 is 0 Å². The molecule has 1 heterocycles. The molecule has 0 saturated heterocycles. The van der Waals surface area contributed by atoms with E-state index in [1.165, 1.54) is 52.7 Å². The topological polar surface area (TPSA) is 0 Å². The van der Waals surface area contributed by atoms with E-state index in [0.29, 0.717) is 0 Å². The zero-order valence-corrected chi connectivity index (χ0v) is 19.4. The molecule has 0 spiro atoms. The van der Waals surface area contributed by atoms with Crippen molar-refractivity contribution in [1.82, 2.24) is 0 Å². The molecule has 0 aliphatic rings. The second-order valence-electron chi connectivity index (χ2n) is 8.25. The Labute approximate surface area is 194 Å². The first-order valence-corrected chi connectivity index (χ1v) is 12.7. The average Bonchev–Trinajstić information content (AvgIpc) is 3.28. The van der Waals surface area contributed by atoms with Crippen LogP contribution in [0.25, 0.3) is 41.5 Å². The zero-order valence-electron chi connectivity index (χ0n) is 17.7. The van der Waals surface area contributed by atoms with Gasteiger partial charge in [0, 0.05) is 0 Å². The van der Waals surface area contributed by atoms with Gasteiger partial charge in [0.2, 0.25) is 0 Å². The molecule has 0 unspecified atom stereocenters. The van der Waals surface area contributed by atoms with Crippen LogP contribution < -0.4 is 0 Å². The third-order valence-electron chi connectivity index (χ3n) is 6.09. The van der Waals surface area contributed by atoms with Crippen LogP contribution in [0, 0.1) is 0 Å². The predicted molar refractivity (Wildman–Crippen MR) is 139 cm³/mol. The van der Waals surface area contributed by atoms with E-state index in [4.69, 9.17) is 0 Å². The Kier molecular flexibility index (Phi) is 5.00. The fourth-order valence-electron chi connectivity index (χ4n) is 4.45. The molecule has 0 radical (unpaired) electrons. The minimum absolute atomic E-state index is 0.288. The summed E-state index contributed by atoms with van der Waals surface area (Å²) in [5, 5.41) is 5.23. The molecule has 0 bridgehead atoms. The van der Waals surface area contributed by atoms with Crippen LogP contribution in [0.1, 0.15) is 11.1 Å². The van der Waals surface area contributed by atoms with Crippen LogP contribution in [0.5, 0.6) is 0 Å². The van der Waals surface area contributed by atoms with Crippen molar-refractivity contribution in [3.8, 4) is 20.0 Å². The molecular formula is C31H22Se. The van der Waals surface area contributed by atoms with E-state index < -0.39 is 0 Å². The molecule has 0 aliphatic heterocycles. The minimum atomic E-state index is 0.288. The van der Waals surface area contributed by atoms with E-state index >= 15 is 0 Å². The molecule has 0 aliphatic carbocycles. The van der Waals surface area contributed by atoms with E-state index in [9.17, 15) is 0 Å².